The molecule has 0 bridgehead atoms. The summed E-state index contributed by atoms with van der Waals surface area (Å²) in [5, 5.41) is 6.08. The maximum Gasteiger partial charge on any atom is 0.145 e. The van der Waals surface area contributed by atoms with Gasteiger partial charge in [0.15, 0.2) is 0 Å². The Hall–Kier alpha value is -6.45. The highest BCUT2D eigenvalue weighted by Crippen LogP contribution is 2.43. The predicted molar refractivity (Wildman–Crippen MR) is 201 cm³/mol. The summed E-state index contributed by atoms with van der Waals surface area (Å²) in [6.45, 7) is 0. The molecule has 3 aromatic heterocycles. The number of para-hydroxylation sites is 2. The minimum absolute atomic E-state index is 0.943. The van der Waals surface area contributed by atoms with Gasteiger partial charge >= 0.3 is 0 Å². The van der Waals surface area contributed by atoms with Crippen molar-refractivity contribution in [1.29, 1.82) is 0 Å². The molecule has 0 aliphatic rings. The molecular weight excluding hydrogens is 583 g/mol. The van der Waals surface area contributed by atoms with Gasteiger partial charge in [0, 0.05) is 38.4 Å². The van der Waals surface area contributed by atoms with Crippen molar-refractivity contribution in [3.8, 4) is 39.5 Å². The second-order valence-corrected chi connectivity index (χ2v) is 12.4. The molecule has 0 atom stereocenters. The van der Waals surface area contributed by atoms with E-state index in [2.05, 4.69) is 185 Å². The van der Waals surface area contributed by atoms with E-state index < -0.39 is 0 Å². The van der Waals surface area contributed by atoms with Crippen LogP contribution in [0.3, 0.4) is 0 Å². The Morgan fingerprint density at radius 1 is 0.354 bits per heavy atom. The van der Waals surface area contributed by atoms with E-state index in [1.807, 2.05) is 0 Å². The monoisotopic (exact) mass is 611 g/mol. The zero-order chi connectivity index (χ0) is 31.6. The van der Waals surface area contributed by atoms with Crippen LogP contribution < -0.4 is 0 Å². The van der Waals surface area contributed by atoms with E-state index in [0.29, 0.717) is 0 Å². The molecule has 0 radical (unpaired) electrons. The van der Waals surface area contributed by atoms with E-state index in [1.165, 1.54) is 49.1 Å². The molecule has 224 valence electrons. The summed E-state index contributed by atoms with van der Waals surface area (Å²) in [6, 6.07) is 63.0. The van der Waals surface area contributed by atoms with E-state index >= 15 is 0 Å². The average molecular weight is 612 g/mol. The van der Waals surface area contributed by atoms with Gasteiger partial charge < -0.3 is 4.57 Å². The summed E-state index contributed by atoms with van der Waals surface area (Å²) in [5.74, 6) is 0.943. The Balaban J connectivity index is 1.41. The molecule has 3 heterocycles. The first-order valence-electron chi connectivity index (χ1n) is 16.4. The molecule has 48 heavy (non-hydrogen) atoms. The Morgan fingerprint density at radius 3 is 1.67 bits per heavy atom. The lowest BCUT2D eigenvalue weighted by atomic mass is 9.99. The van der Waals surface area contributed by atoms with Crippen molar-refractivity contribution >= 4 is 49.0 Å². The van der Waals surface area contributed by atoms with Crippen molar-refractivity contribution in [2.75, 3.05) is 0 Å². The average Bonchev–Trinajstić information content (AvgIpc) is 3.72. The highest BCUT2D eigenvalue weighted by Gasteiger charge is 2.22. The molecule has 10 aromatic rings. The number of fused-ring (bicyclic) bond motifs is 9. The van der Waals surface area contributed by atoms with Crippen LogP contribution in [0.25, 0.3) is 88.5 Å². The quantitative estimate of drug-likeness (QED) is 0.182. The van der Waals surface area contributed by atoms with Gasteiger partial charge in [0.05, 0.1) is 27.8 Å². The molecule has 7 aromatic carbocycles. The second-order valence-electron chi connectivity index (χ2n) is 12.4. The van der Waals surface area contributed by atoms with Crippen LogP contribution in [-0.2, 0) is 0 Å². The molecule has 0 fully saturated rings. The summed E-state index contributed by atoms with van der Waals surface area (Å²) in [5.41, 5.74) is 11.4. The molecule has 0 saturated carbocycles. The van der Waals surface area contributed by atoms with Crippen molar-refractivity contribution in [3.05, 3.63) is 176 Å². The third-order valence-corrected chi connectivity index (χ3v) is 9.67. The van der Waals surface area contributed by atoms with Crippen LogP contribution in [0.2, 0.25) is 0 Å². The summed E-state index contributed by atoms with van der Waals surface area (Å²) < 4.78 is 4.81. The molecule has 3 heteroatoms. The van der Waals surface area contributed by atoms with E-state index in [9.17, 15) is 0 Å². The highest BCUT2D eigenvalue weighted by atomic mass is 15.0. The summed E-state index contributed by atoms with van der Waals surface area (Å²) in [4.78, 5) is 5.43. The lowest BCUT2D eigenvalue weighted by Gasteiger charge is -2.13. The second kappa shape index (κ2) is 10.5. The van der Waals surface area contributed by atoms with Crippen LogP contribution in [0.5, 0.6) is 0 Å². The van der Waals surface area contributed by atoms with Gasteiger partial charge in [-0.3, -0.25) is 4.40 Å². The van der Waals surface area contributed by atoms with Gasteiger partial charge in [-0.05, 0) is 52.9 Å². The number of aromatic nitrogens is 3. The molecule has 0 amide bonds. The van der Waals surface area contributed by atoms with Gasteiger partial charge in [0.25, 0.3) is 0 Å². The van der Waals surface area contributed by atoms with Crippen LogP contribution in [0.15, 0.2) is 176 Å². The fraction of sp³-hybridized carbons (Fsp3) is 0. The van der Waals surface area contributed by atoms with E-state index in [0.717, 1.165) is 39.4 Å². The minimum atomic E-state index is 0.943. The Labute approximate surface area is 277 Å². The molecule has 0 N–H and O–H groups in total. The van der Waals surface area contributed by atoms with Crippen LogP contribution in [0, 0.1) is 0 Å². The van der Waals surface area contributed by atoms with Gasteiger partial charge in [-0.25, -0.2) is 4.98 Å². The molecule has 10 rings (SSSR count). The van der Waals surface area contributed by atoms with Crippen LogP contribution in [-0.4, -0.2) is 14.0 Å². The van der Waals surface area contributed by atoms with Crippen LogP contribution >= 0.6 is 0 Å². The Kier molecular flexibility index (Phi) is 5.87. The molecular formula is C45H29N3. The van der Waals surface area contributed by atoms with Crippen LogP contribution in [0.1, 0.15) is 0 Å². The normalized spacial score (nSPS) is 11.8. The third-order valence-electron chi connectivity index (χ3n) is 9.67. The van der Waals surface area contributed by atoms with Crippen molar-refractivity contribution < 1.29 is 0 Å². The van der Waals surface area contributed by atoms with Crippen molar-refractivity contribution in [1.82, 2.24) is 14.0 Å². The lowest BCUT2D eigenvalue weighted by Crippen LogP contribution is -1.96. The predicted octanol–water partition coefficient (Wildman–Crippen LogP) is 11.7. The molecule has 0 saturated heterocycles. The highest BCUT2D eigenvalue weighted by molar-refractivity contribution is 6.23. The van der Waals surface area contributed by atoms with Gasteiger partial charge in [-0.1, -0.05) is 140 Å². The van der Waals surface area contributed by atoms with Gasteiger partial charge in [0.2, 0.25) is 0 Å². The molecule has 0 aliphatic carbocycles. The summed E-state index contributed by atoms with van der Waals surface area (Å²) >= 11 is 0. The van der Waals surface area contributed by atoms with Crippen molar-refractivity contribution in [3.63, 3.8) is 0 Å². The topological polar surface area (TPSA) is 22.2 Å². The first-order chi connectivity index (χ1) is 23.8. The smallest absolute Gasteiger partial charge is 0.145 e. The number of hydrogen-bond donors (Lipinski definition) is 0. The summed E-state index contributed by atoms with van der Waals surface area (Å²) in [7, 11) is 0. The number of hydrogen-bond acceptors (Lipinski definition) is 1. The summed E-state index contributed by atoms with van der Waals surface area (Å²) in [6.07, 6.45) is 0. The lowest BCUT2D eigenvalue weighted by molar-refractivity contribution is 1.18. The molecule has 0 unspecified atom stereocenters. The first kappa shape index (κ1) is 26.7. The number of benzene rings is 7. The SMILES string of the molecule is c1ccc(-c2ccc3c4cc5c6ccccc6n6c(-c7ccccc7)nc(-c7ccccc7)c6c5cc4n(-c4ccccc4)c3c2)cc1. The largest absolute Gasteiger partial charge is 0.309 e. The zero-order valence-electron chi connectivity index (χ0n) is 26.1. The van der Waals surface area contributed by atoms with E-state index in [4.69, 9.17) is 4.98 Å². The standard InChI is InChI=1S/C45H29N3/c1-5-15-30(16-6-1)33-25-26-36-38-28-37-35-23-13-14-24-40(35)48-44(39(37)29-42(38)47(41(36)27-33)34-21-11-4-12-22-34)43(31-17-7-2-8-18-31)46-45(48)32-19-9-3-10-20-32/h1-29H. The molecule has 3 nitrogen and oxygen atoms in total. The van der Waals surface area contributed by atoms with Crippen LogP contribution in [0.4, 0.5) is 0 Å². The van der Waals surface area contributed by atoms with Gasteiger partial charge in [-0.2, -0.15) is 0 Å². The zero-order valence-corrected chi connectivity index (χ0v) is 26.1. The third kappa shape index (κ3) is 3.98. The fourth-order valence-corrected chi connectivity index (χ4v) is 7.53. The minimum Gasteiger partial charge on any atom is -0.309 e. The molecule has 0 aliphatic heterocycles. The van der Waals surface area contributed by atoms with E-state index in [1.54, 1.807) is 0 Å². The number of pyridine rings is 1. The maximum absolute atomic E-state index is 5.43. The van der Waals surface area contributed by atoms with Crippen molar-refractivity contribution in [2.24, 2.45) is 0 Å². The molecule has 0 spiro atoms. The van der Waals surface area contributed by atoms with Gasteiger partial charge in [0.1, 0.15) is 5.82 Å². The van der Waals surface area contributed by atoms with E-state index in [-0.39, 0.29) is 0 Å². The van der Waals surface area contributed by atoms with Crippen molar-refractivity contribution in [2.45, 2.75) is 0 Å². The Bertz CT molecular complexity index is 2800. The fourth-order valence-electron chi connectivity index (χ4n) is 7.53. The first-order valence-corrected chi connectivity index (χ1v) is 16.4. The van der Waals surface area contributed by atoms with Gasteiger partial charge in [-0.15, -0.1) is 0 Å². The maximum atomic E-state index is 5.43. The number of nitrogens with zero attached hydrogens (tertiary/aromatic N) is 3. The number of rotatable bonds is 4. The number of imidazole rings is 1. The Morgan fingerprint density at radius 2 is 0.938 bits per heavy atom.